The lowest BCUT2D eigenvalue weighted by Crippen LogP contribution is -2.14. The first-order valence-electron chi connectivity index (χ1n) is 5.77. The van der Waals surface area contributed by atoms with Gasteiger partial charge in [-0.25, -0.2) is 0 Å². The van der Waals surface area contributed by atoms with Gasteiger partial charge in [-0.15, -0.1) is 11.3 Å². The predicted molar refractivity (Wildman–Crippen MR) is 80.2 cm³/mol. The minimum absolute atomic E-state index is 0.791. The number of halogens is 2. The molecule has 0 saturated heterocycles. The Balaban J connectivity index is 1.96. The molecule has 0 fully saturated rings. The van der Waals surface area contributed by atoms with Crippen LogP contribution in [-0.2, 0) is 26.6 Å². The largest absolute Gasteiger partial charge is 0.306 e. The van der Waals surface area contributed by atoms with Crippen LogP contribution in [0.4, 0.5) is 0 Å². The number of aromatic nitrogens is 2. The molecule has 0 radical (unpaired) electrons. The maximum Gasteiger partial charge on any atom is 0.0931 e. The highest BCUT2D eigenvalue weighted by Crippen LogP contribution is 2.23. The van der Waals surface area contributed by atoms with Crippen molar-refractivity contribution >= 4 is 38.9 Å². The Hall–Kier alpha value is -0.360. The third-order valence-electron chi connectivity index (χ3n) is 2.72. The summed E-state index contributed by atoms with van der Waals surface area (Å²) in [7, 11) is 1.98. The standard InChI is InChI=1S/C12H15BrClN3S/c1-3-9-12(13)10(17(2)16-9)7-15-6-8-4-5-11(14)18-8/h4-5,15H,3,6-7H2,1-2H3. The molecule has 0 aliphatic heterocycles. The fourth-order valence-corrected chi connectivity index (χ4v) is 3.58. The highest BCUT2D eigenvalue weighted by atomic mass is 79.9. The van der Waals surface area contributed by atoms with Crippen LogP contribution in [0.3, 0.4) is 0 Å². The zero-order chi connectivity index (χ0) is 13.1. The third-order valence-corrected chi connectivity index (χ3v) is 4.87. The smallest absolute Gasteiger partial charge is 0.0931 e. The van der Waals surface area contributed by atoms with Crippen LogP contribution in [0.1, 0.15) is 23.2 Å². The van der Waals surface area contributed by atoms with Gasteiger partial charge < -0.3 is 5.32 Å². The van der Waals surface area contributed by atoms with Gasteiger partial charge in [0.15, 0.2) is 0 Å². The molecule has 0 amide bonds. The summed E-state index contributed by atoms with van der Waals surface area (Å²) in [6.07, 6.45) is 0.939. The van der Waals surface area contributed by atoms with Crippen molar-refractivity contribution in [2.45, 2.75) is 26.4 Å². The van der Waals surface area contributed by atoms with E-state index in [0.717, 1.165) is 34.0 Å². The highest BCUT2D eigenvalue weighted by molar-refractivity contribution is 9.10. The van der Waals surface area contributed by atoms with Crippen molar-refractivity contribution in [1.29, 1.82) is 0 Å². The van der Waals surface area contributed by atoms with E-state index >= 15 is 0 Å². The van der Waals surface area contributed by atoms with Gasteiger partial charge in [-0.2, -0.15) is 5.10 Å². The molecule has 1 N–H and O–H groups in total. The van der Waals surface area contributed by atoms with Crippen LogP contribution in [0.15, 0.2) is 16.6 Å². The number of hydrogen-bond acceptors (Lipinski definition) is 3. The summed E-state index contributed by atoms with van der Waals surface area (Å²) in [5, 5.41) is 7.88. The molecule has 3 nitrogen and oxygen atoms in total. The Bertz CT molecular complexity index is 535. The van der Waals surface area contributed by atoms with Gasteiger partial charge in [0, 0.05) is 25.0 Å². The van der Waals surface area contributed by atoms with Crippen LogP contribution < -0.4 is 5.32 Å². The van der Waals surface area contributed by atoms with Gasteiger partial charge in [0.1, 0.15) is 0 Å². The third kappa shape index (κ3) is 3.15. The number of aryl methyl sites for hydroxylation is 2. The molecule has 0 unspecified atom stereocenters. The second-order valence-electron chi connectivity index (χ2n) is 3.99. The summed E-state index contributed by atoms with van der Waals surface area (Å²) >= 11 is 11.1. The molecule has 18 heavy (non-hydrogen) atoms. The van der Waals surface area contributed by atoms with Crippen LogP contribution in [0.25, 0.3) is 0 Å². The van der Waals surface area contributed by atoms with Crippen molar-refractivity contribution in [2.24, 2.45) is 7.05 Å². The monoisotopic (exact) mass is 347 g/mol. The van der Waals surface area contributed by atoms with Gasteiger partial charge >= 0.3 is 0 Å². The fourth-order valence-electron chi connectivity index (χ4n) is 1.76. The van der Waals surface area contributed by atoms with E-state index in [2.05, 4.69) is 39.3 Å². The van der Waals surface area contributed by atoms with Crippen molar-refractivity contribution in [1.82, 2.24) is 15.1 Å². The van der Waals surface area contributed by atoms with Crippen molar-refractivity contribution in [3.63, 3.8) is 0 Å². The van der Waals surface area contributed by atoms with Crippen LogP contribution in [0, 0.1) is 0 Å². The summed E-state index contributed by atoms with van der Waals surface area (Å²) < 4.78 is 3.88. The summed E-state index contributed by atoms with van der Waals surface area (Å²) in [4.78, 5) is 1.24. The molecule has 0 saturated carbocycles. The second-order valence-corrected chi connectivity index (χ2v) is 6.59. The zero-order valence-electron chi connectivity index (χ0n) is 10.3. The number of nitrogens with zero attached hydrogens (tertiary/aromatic N) is 2. The topological polar surface area (TPSA) is 29.9 Å². The maximum absolute atomic E-state index is 5.90. The van der Waals surface area contributed by atoms with Crippen molar-refractivity contribution in [2.75, 3.05) is 0 Å². The van der Waals surface area contributed by atoms with E-state index in [4.69, 9.17) is 11.6 Å². The van der Waals surface area contributed by atoms with E-state index in [-0.39, 0.29) is 0 Å². The Morgan fingerprint density at radius 2 is 2.22 bits per heavy atom. The molecule has 6 heteroatoms. The normalized spacial score (nSPS) is 11.1. The molecule has 2 aromatic heterocycles. The molecule has 0 aliphatic rings. The van der Waals surface area contributed by atoms with Gasteiger partial charge in [0.05, 0.1) is 20.2 Å². The molecule has 0 spiro atoms. The Morgan fingerprint density at radius 1 is 1.44 bits per heavy atom. The van der Waals surface area contributed by atoms with E-state index in [0.29, 0.717) is 0 Å². The maximum atomic E-state index is 5.90. The number of hydrogen-bond donors (Lipinski definition) is 1. The lowest BCUT2D eigenvalue weighted by atomic mass is 10.3. The van der Waals surface area contributed by atoms with Crippen LogP contribution in [-0.4, -0.2) is 9.78 Å². The molecular formula is C12H15BrClN3S. The van der Waals surface area contributed by atoms with Crippen LogP contribution >= 0.6 is 38.9 Å². The average molecular weight is 349 g/mol. The van der Waals surface area contributed by atoms with Crippen LogP contribution in [0.5, 0.6) is 0 Å². The van der Waals surface area contributed by atoms with Gasteiger partial charge in [0.25, 0.3) is 0 Å². The zero-order valence-corrected chi connectivity index (χ0v) is 13.5. The number of rotatable bonds is 5. The second kappa shape index (κ2) is 6.19. The summed E-state index contributed by atoms with van der Waals surface area (Å²) in [6.45, 7) is 3.73. The average Bonchev–Trinajstić information content (AvgIpc) is 2.86. The van der Waals surface area contributed by atoms with Crippen molar-refractivity contribution < 1.29 is 0 Å². The molecule has 2 heterocycles. The van der Waals surface area contributed by atoms with Gasteiger partial charge in [-0.1, -0.05) is 18.5 Å². The molecule has 98 valence electrons. The molecule has 0 aliphatic carbocycles. The van der Waals surface area contributed by atoms with Crippen molar-refractivity contribution in [3.05, 3.63) is 37.2 Å². The van der Waals surface area contributed by atoms with Gasteiger partial charge in [0.2, 0.25) is 0 Å². The lowest BCUT2D eigenvalue weighted by molar-refractivity contribution is 0.625. The summed E-state index contributed by atoms with van der Waals surface area (Å²) in [6, 6.07) is 3.98. The minimum Gasteiger partial charge on any atom is -0.306 e. The quantitative estimate of drug-likeness (QED) is 0.892. The van der Waals surface area contributed by atoms with E-state index < -0.39 is 0 Å². The molecular weight excluding hydrogens is 334 g/mol. The first-order chi connectivity index (χ1) is 8.61. The fraction of sp³-hybridized carbons (Fsp3) is 0.417. The van der Waals surface area contributed by atoms with Gasteiger partial charge in [-0.05, 0) is 34.5 Å². The summed E-state index contributed by atoms with van der Waals surface area (Å²) in [5.74, 6) is 0. The SMILES string of the molecule is CCc1nn(C)c(CNCc2ccc(Cl)s2)c1Br. The van der Waals surface area contributed by atoms with E-state index in [1.165, 1.54) is 10.6 Å². The van der Waals surface area contributed by atoms with E-state index in [1.54, 1.807) is 11.3 Å². The highest BCUT2D eigenvalue weighted by Gasteiger charge is 2.11. The van der Waals surface area contributed by atoms with E-state index in [1.807, 2.05) is 17.8 Å². The first kappa shape index (κ1) is 14.1. The molecule has 2 aromatic rings. The summed E-state index contributed by atoms with van der Waals surface area (Å²) in [5.41, 5.74) is 2.28. The van der Waals surface area contributed by atoms with Crippen molar-refractivity contribution in [3.8, 4) is 0 Å². The molecule has 0 aromatic carbocycles. The number of thiophene rings is 1. The molecule has 0 atom stereocenters. The minimum atomic E-state index is 0.791. The Kier molecular flexibility index (Phi) is 4.84. The van der Waals surface area contributed by atoms with E-state index in [9.17, 15) is 0 Å². The van der Waals surface area contributed by atoms with Crippen LogP contribution in [0.2, 0.25) is 4.34 Å². The predicted octanol–water partition coefficient (Wildman–Crippen LogP) is 3.75. The lowest BCUT2D eigenvalue weighted by Gasteiger charge is -2.04. The first-order valence-corrected chi connectivity index (χ1v) is 7.75. The molecule has 2 rings (SSSR count). The molecule has 0 bridgehead atoms. The Labute approximate surface area is 124 Å². The number of nitrogens with one attached hydrogen (secondary N) is 1. The van der Waals surface area contributed by atoms with Gasteiger partial charge in [-0.3, -0.25) is 4.68 Å². The Morgan fingerprint density at radius 3 is 2.78 bits per heavy atom.